The molecule has 0 saturated carbocycles. The van der Waals surface area contributed by atoms with Crippen molar-refractivity contribution in [3.05, 3.63) is 82.3 Å². The molecule has 0 saturated heterocycles. The number of halogens is 1. The summed E-state index contributed by atoms with van der Waals surface area (Å²) in [6, 6.07) is 17.2. The normalized spacial score (nSPS) is 11.0. The van der Waals surface area contributed by atoms with Gasteiger partial charge >= 0.3 is 0 Å². The van der Waals surface area contributed by atoms with Crippen molar-refractivity contribution in [3.63, 3.8) is 0 Å². The van der Waals surface area contributed by atoms with E-state index in [2.05, 4.69) is 26.0 Å². The fourth-order valence-corrected chi connectivity index (χ4v) is 3.98. The highest BCUT2D eigenvalue weighted by Gasteiger charge is 2.15. The third-order valence-electron chi connectivity index (χ3n) is 4.20. The van der Waals surface area contributed by atoms with Crippen molar-refractivity contribution in [2.45, 2.75) is 11.4 Å². The molecular formula is C21H19BrN2O5S. The minimum absolute atomic E-state index is 0.0123. The highest BCUT2D eigenvalue weighted by Crippen LogP contribution is 2.26. The molecule has 30 heavy (non-hydrogen) atoms. The summed E-state index contributed by atoms with van der Waals surface area (Å²) in [5.41, 5.74) is 1.32. The minimum Gasteiger partial charge on any atom is -0.504 e. The van der Waals surface area contributed by atoms with Crippen LogP contribution in [0, 0.1) is 0 Å². The summed E-state index contributed by atoms with van der Waals surface area (Å²) in [4.78, 5) is 12.6. The molecule has 0 radical (unpaired) electrons. The predicted octanol–water partition coefficient (Wildman–Crippen LogP) is 3.89. The molecule has 156 valence electrons. The lowest BCUT2D eigenvalue weighted by atomic mass is 10.1. The molecule has 0 spiro atoms. The van der Waals surface area contributed by atoms with Crippen molar-refractivity contribution in [2.75, 3.05) is 11.8 Å². The highest BCUT2D eigenvalue weighted by atomic mass is 79.9. The first-order valence-corrected chi connectivity index (χ1v) is 11.1. The first-order valence-electron chi connectivity index (χ1n) is 8.81. The summed E-state index contributed by atoms with van der Waals surface area (Å²) in [5.74, 6) is -0.0452. The zero-order valence-electron chi connectivity index (χ0n) is 15.9. The molecule has 0 aliphatic rings. The number of anilines is 1. The number of hydrogen-bond donors (Lipinski definition) is 3. The van der Waals surface area contributed by atoms with E-state index in [9.17, 15) is 18.3 Å². The van der Waals surface area contributed by atoms with Gasteiger partial charge in [-0.15, -0.1) is 0 Å². The van der Waals surface area contributed by atoms with Gasteiger partial charge < -0.3 is 15.2 Å². The highest BCUT2D eigenvalue weighted by molar-refractivity contribution is 9.10. The van der Waals surface area contributed by atoms with E-state index in [4.69, 9.17) is 4.74 Å². The van der Waals surface area contributed by atoms with E-state index in [0.717, 1.165) is 10.0 Å². The number of phenols is 1. The molecule has 7 nitrogen and oxygen atoms in total. The van der Waals surface area contributed by atoms with Crippen LogP contribution < -0.4 is 14.8 Å². The Kier molecular flexibility index (Phi) is 6.63. The Labute approximate surface area is 182 Å². The van der Waals surface area contributed by atoms with E-state index < -0.39 is 10.0 Å². The maximum atomic E-state index is 12.5. The fraction of sp³-hybridized carbons (Fsp3) is 0.0952. The lowest BCUT2D eigenvalue weighted by molar-refractivity contribution is 0.0951. The molecule has 3 rings (SSSR count). The standard InChI is InChI=1S/C21H19BrN2O5S/c1-29-20-11-14(5-10-19(20)25)13-23-21(26)15-3-2-4-17(12-15)24-30(27,28)18-8-6-16(22)7-9-18/h2-12,24-25H,13H2,1H3,(H,23,26). The predicted molar refractivity (Wildman–Crippen MR) is 117 cm³/mol. The van der Waals surface area contributed by atoms with Gasteiger partial charge in [-0.3, -0.25) is 9.52 Å². The van der Waals surface area contributed by atoms with Crippen LogP contribution >= 0.6 is 15.9 Å². The summed E-state index contributed by atoms with van der Waals surface area (Å²) >= 11 is 3.27. The van der Waals surface area contributed by atoms with Gasteiger partial charge in [0.2, 0.25) is 0 Å². The number of rotatable bonds is 7. The lowest BCUT2D eigenvalue weighted by Crippen LogP contribution is -2.23. The van der Waals surface area contributed by atoms with E-state index in [0.29, 0.717) is 11.3 Å². The van der Waals surface area contributed by atoms with E-state index in [-0.39, 0.29) is 28.8 Å². The molecule has 0 heterocycles. The second-order valence-electron chi connectivity index (χ2n) is 6.33. The summed E-state index contributed by atoms with van der Waals surface area (Å²) in [5, 5.41) is 12.4. The Morgan fingerprint density at radius 3 is 2.50 bits per heavy atom. The maximum Gasteiger partial charge on any atom is 0.261 e. The van der Waals surface area contributed by atoms with Gasteiger partial charge in [-0.2, -0.15) is 0 Å². The first kappa shape index (κ1) is 21.7. The number of aromatic hydroxyl groups is 1. The van der Waals surface area contributed by atoms with Crippen molar-refractivity contribution in [3.8, 4) is 11.5 Å². The third-order valence-corrected chi connectivity index (χ3v) is 6.12. The molecule has 0 unspecified atom stereocenters. The van der Waals surface area contributed by atoms with Crippen molar-refractivity contribution < 1.29 is 23.1 Å². The van der Waals surface area contributed by atoms with Crippen LogP contribution in [0.25, 0.3) is 0 Å². The molecule has 1 amide bonds. The number of nitrogens with one attached hydrogen (secondary N) is 2. The maximum absolute atomic E-state index is 12.5. The number of ether oxygens (including phenoxy) is 1. The Hall–Kier alpha value is -3.04. The molecule has 9 heteroatoms. The zero-order chi connectivity index (χ0) is 21.7. The van der Waals surface area contributed by atoms with Crippen LogP contribution in [0.2, 0.25) is 0 Å². The van der Waals surface area contributed by atoms with Crippen LogP contribution in [0.5, 0.6) is 11.5 Å². The summed E-state index contributed by atoms with van der Waals surface area (Å²) < 4.78 is 33.4. The van der Waals surface area contributed by atoms with Crippen LogP contribution in [-0.2, 0) is 16.6 Å². The molecule has 0 aliphatic heterocycles. The topological polar surface area (TPSA) is 105 Å². The average molecular weight is 491 g/mol. The number of sulfonamides is 1. The van der Waals surface area contributed by atoms with E-state index in [1.807, 2.05) is 0 Å². The van der Waals surface area contributed by atoms with Crippen LogP contribution in [0.4, 0.5) is 5.69 Å². The van der Waals surface area contributed by atoms with Crippen LogP contribution in [0.15, 0.2) is 76.1 Å². The zero-order valence-corrected chi connectivity index (χ0v) is 18.3. The fourth-order valence-electron chi connectivity index (χ4n) is 2.67. The molecule has 0 aromatic heterocycles. The lowest BCUT2D eigenvalue weighted by Gasteiger charge is -2.11. The second-order valence-corrected chi connectivity index (χ2v) is 8.93. The number of methoxy groups -OCH3 is 1. The van der Waals surface area contributed by atoms with E-state index in [1.165, 1.54) is 31.4 Å². The SMILES string of the molecule is COc1cc(CNC(=O)c2cccc(NS(=O)(=O)c3ccc(Br)cc3)c2)ccc1O. The van der Waals surface area contributed by atoms with Gasteiger partial charge in [0, 0.05) is 22.3 Å². The Balaban J connectivity index is 1.70. The summed E-state index contributed by atoms with van der Waals surface area (Å²) in [7, 11) is -2.34. The van der Waals surface area contributed by atoms with Crippen molar-refractivity contribution in [1.29, 1.82) is 0 Å². The van der Waals surface area contributed by atoms with Gasteiger partial charge in [0.1, 0.15) is 0 Å². The van der Waals surface area contributed by atoms with Gasteiger partial charge in [-0.1, -0.05) is 28.1 Å². The van der Waals surface area contributed by atoms with Crippen LogP contribution in [0.3, 0.4) is 0 Å². The number of hydrogen-bond acceptors (Lipinski definition) is 5. The van der Waals surface area contributed by atoms with Gasteiger partial charge in [0.05, 0.1) is 12.0 Å². The number of carbonyl (C=O) groups is 1. The number of phenolic OH excluding ortho intramolecular Hbond substituents is 1. The quantitative estimate of drug-likeness (QED) is 0.465. The van der Waals surface area contributed by atoms with Crippen LogP contribution in [0.1, 0.15) is 15.9 Å². The summed E-state index contributed by atoms with van der Waals surface area (Å²) in [6.07, 6.45) is 0. The Bertz CT molecular complexity index is 1160. The van der Waals surface area contributed by atoms with Crippen molar-refractivity contribution in [2.24, 2.45) is 0 Å². The molecule has 0 aliphatic carbocycles. The smallest absolute Gasteiger partial charge is 0.261 e. The molecule has 0 fully saturated rings. The van der Waals surface area contributed by atoms with E-state index >= 15 is 0 Å². The molecule has 3 aromatic rings. The van der Waals surface area contributed by atoms with Gasteiger partial charge in [-0.25, -0.2) is 8.42 Å². The third kappa shape index (κ3) is 5.31. The van der Waals surface area contributed by atoms with E-state index in [1.54, 1.807) is 42.5 Å². The van der Waals surface area contributed by atoms with Gasteiger partial charge in [-0.05, 0) is 60.2 Å². The minimum atomic E-state index is -3.78. The molecule has 0 bridgehead atoms. The van der Waals surface area contributed by atoms with Gasteiger partial charge in [0.15, 0.2) is 11.5 Å². The van der Waals surface area contributed by atoms with Crippen LogP contribution in [-0.4, -0.2) is 26.5 Å². The van der Waals surface area contributed by atoms with Crippen molar-refractivity contribution in [1.82, 2.24) is 5.32 Å². The van der Waals surface area contributed by atoms with Crippen molar-refractivity contribution >= 4 is 37.5 Å². The average Bonchev–Trinajstić information content (AvgIpc) is 2.73. The molecule has 3 N–H and O–H groups in total. The Morgan fingerprint density at radius 1 is 1.07 bits per heavy atom. The summed E-state index contributed by atoms with van der Waals surface area (Å²) in [6.45, 7) is 0.213. The van der Waals surface area contributed by atoms with Gasteiger partial charge in [0.25, 0.3) is 15.9 Å². The number of benzene rings is 3. The Morgan fingerprint density at radius 2 is 1.80 bits per heavy atom. The number of carbonyl (C=O) groups excluding carboxylic acids is 1. The molecular weight excluding hydrogens is 472 g/mol. The molecule has 3 aromatic carbocycles. The first-order chi connectivity index (χ1) is 14.3. The largest absolute Gasteiger partial charge is 0.504 e. The monoisotopic (exact) mass is 490 g/mol. The molecule has 0 atom stereocenters. The number of amides is 1. The second kappa shape index (κ2) is 9.19.